The van der Waals surface area contributed by atoms with Crippen LogP contribution in [0.4, 0.5) is 11.4 Å². The first-order valence-corrected chi connectivity index (χ1v) is 12.0. The number of hydrogen-bond donors (Lipinski definition) is 1. The molecule has 1 N–H and O–H groups in total. The number of carbonyl (C=O) groups is 1. The van der Waals surface area contributed by atoms with Crippen LogP contribution in [0.1, 0.15) is 15.9 Å². The van der Waals surface area contributed by atoms with Gasteiger partial charge in [-0.15, -0.1) is 0 Å². The molecule has 0 unspecified atom stereocenters. The van der Waals surface area contributed by atoms with Gasteiger partial charge in [-0.25, -0.2) is 18.1 Å². The van der Waals surface area contributed by atoms with Crippen molar-refractivity contribution in [1.82, 2.24) is 14.8 Å². The quantitative estimate of drug-likeness (QED) is 0.459. The summed E-state index contributed by atoms with van der Waals surface area (Å²) in [7, 11) is -2.45. The summed E-state index contributed by atoms with van der Waals surface area (Å²) >= 11 is 0. The summed E-state index contributed by atoms with van der Waals surface area (Å²) < 4.78 is 35.2. The molecule has 1 amide bonds. The molecule has 3 heterocycles. The van der Waals surface area contributed by atoms with Crippen molar-refractivity contribution in [3.8, 4) is 11.6 Å². The topological polar surface area (TPSA) is 106 Å². The van der Waals surface area contributed by atoms with E-state index in [2.05, 4.69) is 15.4 Å². The summed E-state index contributed by atoms with van der Waals surface area (Å²) in [5.41, 5.74) is 2.13. The number of aromatic nitrogens is 3. The molecule has 1 aliphatic rings. The van der Waals surface area contributed by atoms with Crippen LogP contribution in [-0.2, 0) is 16.4 Å². The Bertz CT molecular complexity index is 1470. The number of carbonyl (C=O) groups excluding carboxylic acids is 1. The van der Waals surface area contributed by atoms with E-state index in [1.165, 1.54) is 34.3 Å². The molecule has 4 aromatic rings. The first-order valence-electron chi connectivity index (χ1n) is 10.5. The third-order valence-corrected chi connectivity index (χ3v) is 7.41. The molecule has 0 radical (unpaired) electrons. The molecule has 0 fully saturated rings. The number of anilines is 2. The molecule has 9 nitrogen and oxygen atoms in total. The van der Waals surface area contributed by atoms with Crippen molar-refractivity contribution in [2.75, 3.05) is 23.3 Å². The van der Waals surface area contributed by atoms with Crippen LogP contribution in [-0.4, -0.2) is 42.7 Å². The van der Waals surface area contributed by atoms with E-state index in [-0.39, 0.29) is 16.2 Å². The third-order valence-electron chi connectivity index (χ3n) is 5.60. The van der Waals surface area contributed by atoms with Crippen molar-refractivity contribution >= 4 is 27.3 Å². The van der Waals surface area contributed by atoms with E-state index in [1.807, 2.05) is 18.2 Å². The van der Waals surface area contributed by atoms with Crippen LogP contribution in [0, 0.1) is 0 Å². The van der Waals surface area contributed by atoms with Gasteiger partial charge in [0.1, 0.15) is 5.75 Å². The second-order valence-electron chi connectivity index (χ2n) is 7.60. The molecule has 2 aromatic carbocycles. The van der Waals surface area contributed by atoms with Gasteiger partial charge in [-0.2, -0.15) is 5.10 Å². The van der Waals surface area contributed by atoms with Crippen molar-refractivity contribution in [2.45, 2.75) is 11.3 Å². The molecule has 0 bridgehead atoms. The SMILES string of the molecule is COc1ccc(S(=O)(=O)N2CCc3ccccc32)cc1C(=O)Nc1cccnc1-n1cccn1. The first kappa shape index (κ1) is 21.7. The molecule has 0 aliphatic carbocycles. The Labute approximate surface area is 196 Å². The minimum atomic E-state index is -3.88. The molecule has 1 aliphatic heterocycles. The standard InChI is InChI=1S/C24H21N5O4S/c1-33-22-10-9-18(34(31,32)29-15-11-17-6-2-3-8-21(17)29)16-19(22)24(30)27-20-7-4-12-25-23(20)28-14-5-13-26-28/h2-10,12-14,16H,11,15H2,1H3,(H,27,30). The van der Waals surface area contributed by atoms with E-state index >= 15 is 0 Å². The predicted molar refractivity (Wildman–Crippen MR) is 127 cm³/mol. The normalized spacial score (nSPS) is 12.9. The molecule has 2 aromatic heterocycles. The number of fused-ring (bicyclic) bond motifs is 1. The number of nitrogens with zero attached hydrogens (tertiary/aromatic N) is 4. The average molecular weight is 476 g/mol. The van der Waals surface area contributed by atoms with Crippen LogP contribution >= 0.6 is 0 Å². The molecule has 0 atom stereocenters. The van der Waals surface area contributed by atoms with E-state index in [0.29, 0.717) is 30.2 Å². The van der Waals surface area contributed by atoms with Gasteiger partial charge < -0.3 is 10.1 Å². The largest absolute Gasteiger partial charge is 0.496 e. The maximum absolute atomic E-state index is 13.5. The van der Waals surface area contributed by atoms with Gasteiger partial charge in [0.15, 0.2) is 5.82 Å². The number of ether oxygens (including phenoxy) is 1. The second-order valence-corrected chi connectivity index (χ2v) is 9.46. The van der Waals surface area contributed by atoms with Crippen LogP contribution < -0.4 is 14.4 Å². The van der Waals surface area contributed by atoms with Crippen LogP contribution in [0.3, 0.4) is 0 Å². The molecule has 0 saturated heterocycles. The van der Waals surface area contributed by atoms with Crippen LogP contribution in [0.5, 0.6) is 5.75 Å². The van der Waals surface area contributed by atoms with Crippen LogP contribution in [0.25, 0.3) is 5.82 Å². The number of hydrogen-bond acceptors (Lipinski definition) is 6. The summed E-state index contributed by atoms with van der Waals surface area (Å²) in [6, 6.07) is 16.8. The van der Waals surface area contributed by atoms with Gasteiger partial charge in [0, 0.05) is 25.1 Å². The lowest BCUT2D eigenvalue weighted by Crippen LogP contribution is -2.29. The van der Waals surface area contributed by atoms with Gasteiger partial charge in [-0.05, 0) is 54.4 Å². The smallest absolute Gasteiger partial charge is 0.264 e. The fourth-order valence-electron chi connectivity index (χ4n) is 3.97. The average Bonchev–Trinajstić information content (AvgIpc) is 3.54. The van der Waals surface area contributed by atoms with Gasteiger partial charge >= 0.3 is 0 Å². The number of sulfonamides is 1. The number of methoxy groups -OCH3 is 1. The first-order chi connectivity index (χ1) is 16.5. The highest BCUT2D eigenvalue weighted by Gasteiger charge is 2.31. The molecular weight excluding hydrogens is 454 g/mol. The monoisotopic (exact) mass is 475 g/mol. The van der Waals surface area contributed by atoms with E-state index in [9.17, 15) is 13.2 Å². The number of amides is 1. The molecule has 10 heteroatoms. The van der Waals surface area contributed by atoms with Crippen LogP contribution in [0.15, 0.2) is 84.1 Å². The minimum absolute atomic E-state index is 0.00800. The van der Waals surface area contributed by atoms with E-state index in [1.54, 1.807) is 42.9 Å². The molecule has 0 saturated carbocycles. The summed E-state index contributed by atoms with van der Waals surface area (Å²) in [5, 5.41) is 6.97. The zero-order chi connectivity index (χ0) is 23.7. The van der Waals surface area contributed by atoms with Gasteiger partial charge in [0.2, 0.25) is 0 Å². The zero-order valence-electron chi connectivity index (χ0n) is 18.2. The van der Waals surface area contributed by atoms with Gasteiger partial charge in [0.05, 0.1) is 28.9 Å². The number of rotatable bonds is 6. The Morgan fingerprint density at radius 2 is 1.91 bits per heavy atom. The molecule has 0 spiro atoms. The van der Waals surface area contributed by atoms with Gasteiger partial charge in [0.25, 0.3) is 15.9 Å². The molecular formula is C24H21N5O4S. The van der Waals surface area contributed by atoms with E-state index < -0.39 is 15.9 Å². The van der Waals surface area contributed by atoms with Gasteiger partial charge in [-0.3, -0.25) is 9.10 Å². The number of para-hydroxylation sites is 1. The Balaban J connectivity index is 1.50. The maximum Gasteiger partial charge on any atom is 0.264 e. The second kappa shape index (κ2) is 8.64. The summed E-state index contributed by atoms with van der Waals surface area (Å²) in [5.74, 6) is 0.150. The number of benzene rings is 2. The van der Waals surface area contributed by atoms with E-state index in [0.717, 1.165) is 5.56 Å². The molecule has 34 heavy (non-hydrogen) atoms. The predicted octanol–water partition coefficient (Wildman–Crippen LogP) is 3.28. The zero-order valence-corrected chi connectivity index (χ0v) is 19.1. The lowest BCUT2D eigenvalue weighted by molar-refractivity contribution is 0.102. The van der Waals surface area contributed by atoms with Crippen molar-refractivity contribution in [1.29, 1.82) is 0 Å². The highest BCUT2D eigenvalue weighted by atomic mass is 32.2. The maximum atomic E-state index is 13.5. The number of nitrogens with one attached hydrogen (secondary N) is 1. The summed E-state index contributed by atoms with van der Waals surface area (Å²) in [6.45, 7) is 0.345. The highest BCUT2D eigenvalue weighted by molar-refractivity contribution is 7.92. The van der Waals surface area contributed by atoms with Crippen molar-refractivity contribution < 1.29 is 17.9 Å². The third kappa shape index (κ3) is 3.77. The Kier molecular flexibility index (Phi) is 5.50. The van der Waals surface area contributed by atoms with E-state index in [4.69, 9.17) is 4.74 Å². The number of pyridine rings is 1. The van der Waals surface area contributed by atoms with Crippen molar-refractivity contribution in [3.63, 3.8) is 0 Å². The van der Waals surface area contributed by atoms with Crippen molar-refractivity contribution in [2.24, 2.45) is 0 Å². The molecule has 5 rings (SSSR count). The highest BCUT2D eigenvalue weighted by Crippen LogP contribution is 2.34. The fraction of sp³-hybridized carbons (Fsp3) is 0.125. The van der Waals surface area contributed by atoms with Gasteiger partial charge in [-0.1, -0.05) is 18.2 Å². The van der Waals surface area contributed by atoms with Crippen LogP contribution in [0.2, 0.25) is 0 Å². The fourth-order valence-corrected chi connectivity index (χ4v) is 5.50. The summed E-state index contributed by atoms with van der Waals surface area (Å²) in [4.78, 5) is 17.6. The Hall–Kier alpha value is -4.18. The Morgan fingerprint density at radius 1 is 1.06 bits per heavy atom. The molecule has 172 valence electrons. The lowest BCUT2D eigenvalue weighted by atomic mass is 10.2. The van der Waals surface area contributed by atoms with Crippen molar-refractivity contribution in [3.05, 3.63) is 90.4 Å². The minimum Gasteiger partial charge on any atom is -0.496 e. The Morgan fingerprint density at radius 3 is 2.71 bits per heavy atom. The summed E-state index contributed by atoms with van der Waals surface area (Å²) in [6.07, 6.45) is 5.54. The lowest BCUT2D eigenvalue weighted by Gasteiger charge is -2.20.